The number of primary amides is 1. The zero-order valence-corrected chi connectivity index (χ0v) is 13.8. The zero-order chi connectivity index (χ0) is 18.4. The van der Waals surface area contributed by atoms with E-state index in [2.05, 4.69) is 0 Å². The fraction of sp³-hybridized carbons (Fsp3) is 0.588. The number of carbonyl (C=O) groups is 1. The maximum Gasteiger partial charge on any atom is 0.419 e. The molecule has 25 heavy (non-hydrogen) atoms. The summed E-state index contributed by atoms with van der Waals surface area (Å²) in [5, 5.41) is 0. The van der Waals surface area contributed by atoms with Gasteiger partial charge in [-0.2, -0.15) is 13.2 Å². The van der Waals surface area contributed by atoms with E-state index >= 15 is 0 Å². The lowest BCUT2D eigenvalue weighted by molar-refractivity contribution is -0.140. The quantitative estimate of drug-likeness (QED) is 0.837. The fourth-order valence-corrected chi connectivity index (χ4v) is 3.93. The van der Waals surface area contributed by atoms with Gasteiger partial charge in [0.1, 0.15) is 11.9 Å². The Bertz CT molecular complexity index is 673. The molecule has 0 aromatic heterocycles. The predicted molar refractivity (Wildman–Crippen MR) is 82.4 cm³/mol. The summed E-state index contributed by atoms with van der Waals surface area (Å²) < 4.78 is 58.2. The molecule has 3 rings (SSSR count). The van der Waals surface area contributed by atoms with Crippen molar-refractivity contribution in [3.63, 3.8) is 0 Å². The molecule has 1 saturated heterocycles. The smallest absolute Gasteiger partial charge is 0.419 e. The molecule has 4 nitrogen and oxygen atoms in total. The molecule has 1 aliphatic heterocycles. The molecular formula is C17H20F4N2O2. The van der Waals surface area contributed by atoms with Gasteiger partial charge in [0.05, 0.1) is 5.56 Å². The third kappa shape index (κ3) is 3.31. The summed E-state index contributed by atoms with van der Waals surface area (Å²) in [7, 11) is 1.89. The highest BCUT2D eigenvalue weighted by Gasteiger charge is 2.57. The van der Waals surface area contributed by atoms with E-state index in [9.17, 15) is 22.4 Å². The number of carbonyl (C=O) groups excluding carboxylic acids is 1. The van der Waals surface area contributed by atoms with Crippen LogP contribution in [-0.4, -0.2) is 36.7 Å². The van der Waals surface area contributed by atoms with Crippen molar-refractivity contribution in [2.45, 2.75) is 49.4 Å². The minimum absolute atomic E-state index is 0.116. The Hall–Kier alpha value is -1.83. The van der Waals surface area contributed by atoms with Crippen LogP contribution in [0.4, 0.5) is 22.4 Å². The number of amides is 1. The van der Waals surface area contributed by atoms with E-state index in [1.807, 2.05) is 11.9 Å². The van der Waals surface area contributed by atoms with E-state index in [4.69, 9.17) is 10.5 Å². The number of nitrogens with two attached hydrogens (primary N) is 1. The van der Waals surface area contributed by atoms with Crippen molar-refractivity contribution >= 4 is 6.09 Å². The molecule has 0 spiro atoms. The van der Waals surface area contributed by atoms with Gasteiger partial charge in [-0.3, -0.25) is 4.90 Å². The van der Waals surface area contributed by atoms with E-state index < -0.39 is 35.2 Å². The van der Waals surface area contributed by atoms with Crippen LogP contribution >= 0.6 is 0 Å². The number of benzene rings is 1. The van der Waals surface area contributed by atoms with Gasteiger partial charge in [-0.25, -0.2) is 9.18 Å². The summed E-state index contributed by atoms with van der Waals surface area (Å²) >= 11 is 0. The highest BCUT2D eigenvalue weighted by Crippen LogP contribution is 2.55. The Morgan fingerprint density at radius 2 is 2.08 bits per heavy atom. The monoisotopic (exact) mass is 360 g/mol. The molecule has 2 unspecified atom stereocenters. The number of halogens is 4. The summed E-state index contributed by atoms with van der Waals surface area (Å²) in [6.07, 6.45) is -3.56. The van der Waals surface area contributed by atoms with Crippen LogP contribution in [0.5, 0.6) is 0 Å². The van der Waals surface area contributed by atoms with Crippen molar-refractivity contribution in [1.29, 1.82) is 0 Å². The second-order valence-electron chi connectivity index (χ2n) is 6.90. The second-order valence-corrected chi connectivity index (χ2v) is 6.90. The van der Waals surface area contributed by atoms with Gasteiger partial charge in [0.25, 0.3) is 0 Å². The highest BCUT2D eigenvalue weighted by atomic mass is 19.4. The molecule has 8 heteroatoms. The molecule has 0 radical (unpaired) electrons. The molecule has 2 fully saturated rings. The molecule has 1 saturated carbocycles. The molecule has 1 aromatic carbocycles. The van der Waals surface area contributed by atoms with Crippen LogP contribution in [0.3, 0.4) is 0 Å². The number of nitrogens with zero attached hydrogens (tertiary/aromatic N) is 1. The van der Waals surface area contributed by atoms with Crippen molar-refractivity contribution in [2.24, 2.45) is 5.73 Å². The molecule has 2 aliphatic rings. The summed E-state index contributed by atoms with van der Waals surface area (Å²) in [5.74, 6) is -1.31. The van der Waals surface area contributed by atoms with Crippen molar-refractivity contribution < 1.29 is 27.1 Å². The first kappa shape index (κ1) is 18.0. The average Bonchev–Trinajstić information content (AvgIpc) is 3.20. The van der Waals surface area contributed by atoms with Crippen molar-refractivity contribution in [3.8, 4) is 0 Å². The standard InChI is InChI=1S/C17H20F4N2O2/c1-23-8-2-3-13(23)14(25-15(22)24)16(6-7-16)10-4-5-12(18)11(9-10)17(19,20)21/h4-5,9,13-14H,2-3,6-8H2,1H3,(H2,22,24). The van der Waals surface area contributed by atoms with Crippen LogP contribution in [0.2, 0.25) is 0 Å². The van der Waals surface area contributed by atoms with Gasteiger partial charge in [-0.05, 0) is 57.0 Å². The lowest BCUT2D eigenvalue weighted by Gasteiger charge is -2.35. The molecule has 1 aromatic rings. The van der Waals surface area contributed by atoms with Crippen LogP contribution in [0.25, 0.3) is 0 Å². The summed E-state index contributed by atoms with van der Waals surface area (Å²) in [4.78, 5) is 13.4. The second kappa shape index (κ2) is 6.16. The van der Waals surface area contributed by atoms with Gasteiger partial charge >= 0.3 is 12.3 Å². The Labute approximate surface area is 142 Å². The number of rotatable bonds is 4. The zero-order valence-electron chi connectivity index (χ0n) is 13.8. The van der Waals surface area contributed by atoms with E-state index in [1.54, 1.807) is 0 Å². The van der Waals surface area contributed by atoms with Gasteiger partial charge in [0.2, 0.25) is 0 Å². The summed E-state index contributed by atoms with van der Waals surface area (Å²) in [6.45, 7) is 0.816. The molecule has 2 atom stereocenters. The van der Waals surface area contributed by atoms with Gasteiger partial charge < -0.3 is 10.5 Å². The number of alkyl halides is 3. The Morgan fingerprint density at radius 3 is 2.56 bits per heavy atom. The topological polar surface area (TPSA) is 55.6 Å². The Morgan fingerprint density at radius 1 is 1.40 bits per heavy atom. The van der Waals surface area contributed by atoms with Gasteiger partial charge in [0, 0.05) is 11.5 Å². The third-order valence-electron chi connectivity index (χ3n) is 5.35. The number of likely N-dealkylation sites (tertiary alicyclic amines) is 1. The summed E-state index contributed by atoms with van der Waals surface area (Å²) in [6, 6.07) is 2.91. The minimum Gasteiger partial charge on any atom is -0.444 e. The summed E-state index contributed by atoms with van der Waals surface area (Å²) in [5.41, 5.74) is 3.51. The first-order valence-electron chi connectivity index (χ1n) is 8.19. The van der Waals surface area contributed by atoms with E-state index in [0.717, 1.165) is 31.5 Å². The van der Waals surface area contributed by atoms with Crippen molar-refractivity contribution in [1.82, 2.24) is 4.90 Å². The Balaban J connectivity index is 2.00. The van der Waals surface area contributed by atoms with Gasteiger partial charge in [-0.15, -0.1) is 0 Å². The molecule has 2 N–H and O–H groups in total. The number of hydrogen-bond donors (Lipinski definition) is 1. The van der Waals surface area contributed by atoms with E-state index in [1.165, 1.54) is 6.07 Å². The SMILES string of the molecule is CN1CCCC1C(OC(N)=O)C1(c2ccc(F)c(C(F)(F)F)c2)CC1. The van der Waals surface area contributed by atoms with Gasteiger partial charge in [-0.1, -0.05) is 6.07 Å². The normalized spacial score (nSPS) is 24.1. The van der Waals surface area contributed by atoms with Crippen molar-refractivity contribution in [3.05, 3.63) is 35.1 Å². The molecule has 138 valence electrons. The predicted octanol–water partition coefficient (Wildman–Crippen LogP) is 3.43. The molecule has 1 heterocycles. The fourth-order valence-electron chi connectivity index (χ4n) is 3.93. The van der Waals surface area contributed by atoms with Crippen LogP contribution in [0, 0.1) is 5.82 Å². The molecule has 1 amide bonds. The van der Waals surface area contributed by atoms with Crippen LogP contribution in [0.1, 0.15) is 36.8 Å². The van der Waals surface area contributed by atoms with E-state index in [0.29, 0.717) is 18.4 Å². The van der Waals surface area contributed by atoms with Crippen LogP contribution in [0.15, 0.2) is 18.2 Å². The van der Waals surface area contributed by atoms with Gasteiger partial charge in [0.15, 0.2) is 0 Å². The number of likely N-dealkylation sites (N-methyl/N-ethyl adjacent to an activating group) is 1. The highest BCUT2D eigenvalue weighted by molar-refractivity contribution is 5.65. The largest absolute Gasteiger partial charge is 0.444 e. The van der Waals surface area contributed by atoms with Crippen LogP contribution < -0.4 is 5.73 Å². The molecule has 1 aliphatic carbocycles. The molecular weight excluding hydrogens is 340 g/mol. The average molecular weight is 360 g/mol. The molecule has 0 bridgehead atoms. The van der Waals surface area contributed by atoms with Crippen molar-refractivity contribution in [2.75, 3.05) is 13.6 Å². The minimum atomic E-state index is -4.78. The number of hydrogen-bond acceptors (Lipinski definition) is 3. The maximum atomic E-state index is 13.6. The lowest BCUT2D eigenvalue weighted by Crippen LogP contribution is -2.47. The number of ether oxygens (including phenoxy) is 1. The Kier molecular flexibility index (Phi) is 4.43. The maximum absolute atomic E-state index is 13.6. The first-order valence-corrected chi connectivity index (χ1v) is 8.19. The lowest BCUT2D eigenvalue weighted by atomic mass is 9.84. The van der Waals surface area contributed by atoms with E-state index in [-0.39, 0.29) is 6.04 Å². The third-order valence-corrected chi connectivity index (χ3v) is 5.35. The first-order chi connectivity index (χ1) is 11.6. The van der Waals surface area contributed by atoms with Crippen LogP contribution in [-0.2, 0) is 16.3 Å².